The van der Waals surface area contributed by atoms with E-state index in [2.05, 4.69) is 19.9 Å². The molecule has 7 heteroatoms. The smallest absolute Gasteiger partial charge is 0.290 e. The Kier molecular flexibility index (Phi) is 4.06. The van der Waals surface area contributed by atoms with Gasteiger partial charge in [-0.15, -0.1) is 0 Å². The highest BCUT2D eigenvalue weighted by molar-refractivity contribution is 5.94. The molecule has 26 heavy (non-hydrogen) atoms. The predicted octanol–water partition coefficient (Wildman–Crippen LogP) is 2.82. The van der Waals surface area contributed by atoms with Gasteiger partial charge in [0.05, 0.1) is 18.2 Å². The Hall–Kier alpha value is -2.96. The molecule has 0 aromatic carbocycles. The van der Waals surface area contributed by atoms with E-state index in [1.807, 2.05) is 43.9 Å². The number of nitrogens with zero attached hydrogens (tertiary/aromatic N) is 4. The molecule has 1 amide bonds. The van der Waals surface area contributed by atoms with Crippen LogP contribution in [0.1, 0.15) is 47.3 Å². The van der Waals surface area contributed by atoms with Gasteiger partial charge >= 0.3 is 0 Å². The maximum Gasteiger partial charge on any atom is 0.290 e. The van der Waals surface area contributed by atoms with E-state index in [1.165, 1.54) is 0 Å². The first kappa shape index (κ1) is 16.5. The van der Waals surface area contributed by atoms with E-state index in [9.17, 15) is 4.79 Å². The Balaban J connectivity index is 1.67. The largest absolute Gasteiger partial charge is 0.478 e. The van der Waals surface area contributed by atoms with Crippen molar-refractivity contribution in [1.29, 1.82) is 0 Å². The van der Waals surface area contributed by atoms with E-state index >= 15 is 0 Å². The molecule has 0 unspecified atom stereocenters. The lowest BCUT2D eigenvalue weighted by molar-refractivity contribution is 0.0665. The number of hydrogen-bond acceptors (Lipinski definition) is 5. The molecule has 0 saturated heterocycles. The predicted molar refractivity (Wildman–Crippen MR) is 97.2 cm³/mol. The van der Waals surface area contributed by atoms with E-state index in [0.717, 1.165) is 28.8 Å². The summed E-state index contributed by atoms with van der Waals surface area (Å²) in [5.41, 5.74) is 4.38. The van der Waals surface area contributed by atoms with Crippen LogP contribution in [0.15, 0.2) is 24.4 Å². The van der Waals surface area contributed by atoms with Crippen molar-refractivity contribution < 1.29 is 9.53 Å². The van der Waals surface area contributed by atoms with E-state index in [-0.39, 0.29) is 11.9 Å². The number of H-pyrrole nitrogens is 1. The van der Waals surface area contributed by atoms with Crippen LogP contribution in [0.5, 0.6) is 5.88 Å². The fourth-order valence-electron chi connectivity index (χ4n) is 3.48. The summed E-state index contributed by atoms with van der Waals surface area (Å²) in [6.07, 6.45) is 2.55. The lowest BCUT2D eigenvalue weighted by Crippen LogP contribution is -2.39. The summed E-state index contributed by atoms with van der Waals surface area (Å²) in [6, 6.07) is 5.75. The minimum Gasteiger partial charge on any atom is -0.478 e. The molecular weight excluding hydrogens is 330 g/mol. The van der Waals surface area contributed by atoms with Gasteiger partial charge in [0.1, 0.15) is 0 Å². The lowest BCUT2D eigenvalue weighted by atomic mass is 9.98. The van der Waals surface area contributed by atoms with Crippen molar-refractivity contribution in [2.45, 2.75) is 33.2 Å². The highest BCUT2D eigenvalue weighted by Crippen LogP contribution is 2.29. The van der Waals surface area contributed by atoms with Crippen molar-refractivity contribution in [3.63, 3.8) is 0 Å². The number of hydrogen-bond donors (Lipinski definition) is 1. The average Bonchev–Trinajstić information content (AvgIpc) is 3.07. The molecule has 7 nitrogen and oxygen atoms in total. The Morgan fingerprint density at radius 2 is 2.27 bits per heavy atom. The molecule has 0 aliphatic carbocycles. The fourth-order valence-corrected chi connectivity index (χ4v) is 3.48. The SMILES string of the molecule is CCOc1cc(C)c2[nH]c(C(=O)N3CCc4ncccc4[C@H]3C)nc2n1. The van der Waals surface area contributed by atoms with Crippen LogP contribution in [0.4, 0.5) is 0 Å². The molecule has 1 atom stereocenters. The van der Waals surface area contributed by atoms with Crippen LogP contribution in [0.3, 0.4) is 0 Å². The molecular formula is C19H21N5O2. The summed E-state index contributed by atoms with van der Waals surface area (Å²) in [7, 11) is 0. The molecule has 0 fully saturated rings. The van der Waals surface area contributed by atoms with Crippen LogP contribution in [-0.4, -0.2) is 43.9 Å². The minimum absolute atomic E-state index is 0.0406. The summed E-state index contributed by atoms with van der Waals surface area (Å²) < 4.78 is 5.47. The number of imidazole rings is 1. The molecule has 1 aliphatic rings. The van der Waals surface area contributed by atoms with Gasteiger partial charge in [0.2, 0.25) is 5.88 Å². The zero-order chi connectivity index (χ0) is 18.3. The molecule has 3 aromatic rings. The Bertz CT molecular complexity index is 981. The number of ether oxygens (including phenoxy) is 1. The van der Waals surface area contributed by atoms with Gasteiger partial charge in [-0.1, -0.05) is 6.07 Å². The van der Waals surface area contributed by atoms with Crippen LogP contribution < -0.4 is 4.74 Å². The number of pyridine rings is 2. The summed E-state index contributed by atoms with van der Waals surface area (Å²) in [6.45, 7) is 7.04. The molecule has 4 heterocycles. The molecule has 1 aliphatic heterocycles. The van der Waals surface area contributed by atoms with Gasteiger partial charge in [0.15, 0.2) is 11.5 Å². The standard InChI is InChI=1S/C19H21N5O2/c1-4-26-15-10-11(2)16-17(21-15)23-18(22-16)19(25)24-9-7-14-13(12(24)3)6-5-8-20-14/h5-6,8,10,12H,4,7,9H2,1-3H3,(H,21,22,23)/t12-/m1/s1. The second-order valence-electron chi connectivity index (χ2n) is 6.46. The summed E-state index contributed by atoms with van der Waals surface area (Å²) in [4.78, 5) is 31.3. The summed E-state index contributed by atoms with van der Waals surface area (Å²) in [5, 5.41) is 0. The number of amides is 1. The minimum atomic E-state index is -0.123. The van der Waals surface area contributed by atoms with Crippen LogP contribution in [0, 0.1) is 6.92 Å². The molecule has 0 saturated carbocycles. The summed E-state index contributed by atoms with van der Waals surface area (Å²) >= 11 is 0. The zero-order valence-electron chi connectivity index (χ0n) is 15.1. The quantitative estimate of drug-likeness (QED) is 0.784. The highest BCUT2D eigenvalue weighted by Gasteiger charge is 2.30. The molecule has 0 bridgehead atoms. The van der Waals surface area contributed by atoms with Crippen molar-refractivity contribution in [3.8, 4) is 5.88 Å². The van der Waals surface area contributed by atoms with E-state index in [4.69, 9.17) is 4.74 Å². The summed E-state index contributed by atoms with van der Waals surface area (Å²) in [5.74, 6) is 0.708. The fraction of sp³-hybridized carbons (Fsp3) is 0.368. The number of fused-ring (bicyclic) bond motifs is 2. The zero-order valence-corrected chi connectivity index (χ0v) is 15.1. The number of carbonyl (C=O) groups excluding carboxylic acids is 1. The maximum absolute atomic E-state index is 13.1. The van der Waals surface area contributed by atoms with Crippen LogP contribution in [0.25, 0.3) is 11.2 Å². The van der Waals surface area contributed by atoms with Crippen LogP contribution in [0.2, 0.25) is 0 Å². The second kappa shape index (κ2) is 6.40. The second-order valence-corrected chi connectivity index (χ2v) is 6.46. The van der Waals surface area contributed by atoms with Gasteiger partial charge < -0.3 is 14.6 Å². The van der Waals surface area contributed by atoms with E-state index in [1.54, 1.807) is 6.20 Å². The monoisotopic (exact) mass is 351 g/mol. The maximum atomic E-state index is 13.1. The molecule has 4 rings (SSSR count). The van der Waals surface area contributed by atoms with Crippen LogP contribution in [-0.2, 0) is 6.42 Å². The Morgan fingerprint density at radius 3 is 3.08 bits per heavy atom. The Labute approximate surface area is 151 Å². The normalized spacial score (nSPS) is 16.6. The number of rotatable bonds is 3. The lowest BCUT2D eigenvalue weighted by Gasteiger charge is -2.34. The van der Waals surface area contributed by atoms with Gasteiger partial charge in [-0.25, -0.2) is 4.98 Å². The van der Waals surface area contributed by atoms with Crippen molar-refractivity contribution in [2.24, 2.45) is 0 Å². The van der Waals surface area contributed by atoms with Crippen molar-refractivity contribution in [2.75, 3.05) is 13.2 Å². The third-order valence-corrected chi connectivity index (χ3v) is 4.82. The van der Waals surface area contributed by atoms with Gasteiger partial charge in [-0.2, -0.15) is 4.98 Å². The third kappa shape index (κ3) is 2.69. The van der Waals surface area contributed by atoms with Crippen LogP contribution >= 0.6 is 0 Å². The van der Waals surface area contributed by atoms with Crippen molar-refractivity contribution in [3.05, 3.63) is 47.0 Å². The Morgan fingerprint density at radius 1 is 1.42 bits per heavy atom. The van der Waals surface area contributed by atoms with Gasteiger partial charge in [0, 0.05) is 30.9 Å². The molecule has 134 valence electrons. The number of aryl methyl sites for hydroxylation is 1. The first-order valence-corrected chi connectivity index (χ1v) is 8.83. The highest BCUT2D eigenvalue weighted by atomic mass is 16.5. The third-order valence-electron chi connectivity index (χ3n) is 4.82. The number of aromatic amines is 1. The van der Waals surface area contributed by atoms with Crippen molar-refractivity contribution in [1.82, 2.24) is 24.8 Å². The number of aromatic nitrogens is 4. The molecule has 0 radical (unpaired) electrons. The number of carbonyl (C=O) groups is 1. The molecule has 3 aromatic heterocycles. The average molecular weight is 351 g/mol. The first-order valence-electron chi connectivity index (χ1n) is 8.83. The first-order chi connectivity index (χ1) is 12.6. The van der Waals surface area contributed by atoms with E-state index in [0.29, 0.717) is 30.5 Å². The topological polar surface area (TPSA) is 84.0 Å². The number of nitrogens with one attached hydrogen (secondary N) is 1. The van der Waals surface area contributed by atoms with Gasteiger partial charge in [-0.3, -0.25) is 9.78 Å². The van der Waals surface area contributed by atoms with Gasteiger partial charge in [0.25, 0.3) is 5.91 Å². The van der Waals surface area contributed by atoms with Gasteiger partial charge in [-0.05, 0) is 38.0 Å². The molecule has 0 spiro atoms. The van der Waals surface area contributed by atoms with Crippen molar-refractivity contribution >= 4 is 17.1 Å². The van der Waals surface area contributed by atoms with E-state index < -0.39 is 0 Å². The molecule has 1 N–H and O–H groups in total.